The highest BCUT2D eigenvalue weighted by Gasteiger charge is 2.16. The molecular formula is C14H21N. The fourth-order valence-electron chi connectivity index (χ4n) is 1.84. The molecule has 0 atom stereocenters. The molecule has 1 rings (SSSR count). The SMILES string of the molecule is CC(C)CC(C)(C)/N=C/c1ccccc1. The maximum Gasteiger partial charge on any atom is 0.0554 e. The first-order valence-electron chi connectivity index (χ1n) is 5.60. The van der Waals surface area contributed by atoms with Gasteiger partial charge in [-0.1, -0.05) is 44.2 Å². The molecule has 15 heavy (non-hydrogen) atoms. The minimum absolute atomic E-state index is 0.0456. The van der Waals surface area contributed by atoms with Gasteiger partial charge < -0.3 is 0 Å². The third kappa shape index (κ3) is 4.78. The molecule has 0 saturated heterocycles. The van der Waals surface area contributed by atoms with Crippen LogP contribution in [0.15, 0.2) is 35.3 Å². The largest absolute Gasteiger partial charge is 0.287 e. The van der Waals surface area contributed by atoms with Crippen LogP contribution < -0.4 is 0 Å². The van der Waals surface area contributed by atoms with Gasteiger partial charge in [0, 0.05) is 6.21 Å². The Bertz CT molecular complexity index is 309. The van der Waals surface area contributed by atoms with E-state index in [4.69, 9.17) is 0 Å². The van der Waals surface area contributed by atoms with Crippen molar-refractivity contribution in [3.05, 3.63) is 35.9 Å². The van der Waals surface area contributed by atoms with Gasteiger partial charge in [0.15, 0.2) is 0 Å². The maximum atomic E-state index is 4.64. The van der Waals surface area contributed by atoms with Gasteiger partial charge in [-0.15, -0.1) is 0 Å². The topological polar surface area (TPSA) is 12.4 Å². The van der Waals surface area contributed by atoms with Gasteiger partial charge in [-0.2, -0.15) is 0 Å². The Morgan fingerprint density at radius 2 is 1.80 bits per heavy atom. The summed E-state index contributed by atoms with van der Waals surface area (Å²) in [5.74, 6) is 0.688. The van der Waals surface area contributed by atoms with E-state index in [2.05, 4.69) is 44.8 Å². The Balaban J connectivity index is 2.64. The molecule has 0 saturated carbocycles. The van der Waals surface area contributed by atoms with Crippen molar-refractivity contribution in [2.24, 2.45) is 10.9 Å². The highest BCUT2D eigenvalue weighted by Crippen LogP contribution is 2.19. The van der Waals surface area contributed by atoms with Crippen LogP contribution in [0, 0.1) is 5.92 Å². The van der Waals surface area contributed by atoms with E-state index in [1.807, 2.05) is 24.4 Å². The number of hydrogen-bond acceptors (Lipinski definition) is 1. The van der Waals surface area contributed by atoms with Gasteiger partial charge in [0.25, 0.3) is 0 Å². The number of aliphatic imine (C=N–C) groups is 1. The van der Waals surface area contributed by atoms with Gasteiger partial charge in [0.2, 0.25) is 0 Å². The molecule has 0 fully saturated rings. The van der Waals surface area contributed by atoms with Crippen molar-refractivity contribution >= 4 is 6.21 Å². The molecule has 0 unspecified atom stereocenters. The summed E-state index contributed by atoms with van der Waals surface area (Å²) in [6, 6.07) is 10.3. The molecule has 0 N–H and O–H groups in total. The zero-order valence-electron chi connectivity index (χ0n) is 10.2. The summed E-state index contributed by atoms with van der Waals surface area (Å²) in [5.41, 5.74) is 1.22. The second-order valence-electron chi connectivity index (χ2n) is 5.08. The van der Waals surface area contributed by atoms with Crippen LogP contribution in [0.25, 0.3) is 0 Å². The quantitative estimate of drug-likeness (QED) is 0.657. The molecule has 0 spiro atoms. The van der Waals surface area contributed by atoms with E-state index in [1.54, 1.807) is 0 Å². The summed E-state index contributed by atoms with van der Waals surface area (Å²) < 4.78 is 0. The molecule has 1 aromatic rings. The van der Waals surface area contributed by atoms with Gasteiger partial charge in [-0.25, -0.2) is 0 Å². The summed E-state index contributed by atoms with van der Waals surface area (Å²) in [5, 5.41) is 0. The molecule has 82 valence electrons. The van der Waals surface area contributed by atoms with E-state index >= 15 is 0 Å². The van der Waals surface area contributed by atoms with Gasteiger partial charge in [0.05, 0.1) is 5.54 Å². The second-order valence-corrected chi connectivity index (χ2v) is 5.08. The summed E-state index contributed by atoms with van der Waals surface area (Å²) in [6.07, 6.45) is 3.10. The first-order valence-corrected chi connectivity index (χ1v) is 5.60. The van der Waals surface area contributed by atoms with Crippen molar-refractivity contribution in [3.63, 3.8) is 0 Å². The van der Waals surface area contributed by atoms with Crippen molar-refractivity contribution in [1.82, 2.24) is 0 Å². The predicted molar refractivity (Wildman–Crippen MR) is 67.6 cm³/mol. The number of nitrogens with zero attached hydrogens (tertiary/aromatic N) is 1. The highest BCUT2D eigenvalue weighted by atomic mass is 14.8. The fourth-order valence-corrected chi connectivity index (χ4v) is 1.84. The van der Waals surface area contributed by atoms with Crippen molar-refractivity contribution in [1.29, 1.82) is 0 Å². The van der Waals surface area contributed by atoms with Crippen LogP contribution in [0.2, 0.25) is 0 Å². The van der Waals surface area contributed by atoms with E-state index < -0.39 is 0 Å². The normalized spacial score (nSPS) is 12.6. The molecule has 0 bridgehead atoms. The predicted octanol–water partition coefficient (Wildman–Crippen LogP) is 3.93. The second kappa shape index (κ2) is 5.11. The molecular weight excluding hydrogens is 182 g/mol. The number of rotatable bonds is 4. The molecule has 0 radical (unpaired) electrons. The van der Waals surface area contributed by atoms with Crippen LogP contribution in [0.5, 0.6) is 0 Å². The Kier molecular flexibility index (Phi) is 4.07. The van der Waals surface area contributed by atoms with Crippen molar-refractivity contribution in [2.75, 3.05) is 0 Å². The Morgan fingerprint density at radius 3 is 2.33 bits per heavy atom. The Hall–Kier alpha value is -1.11. The van der Waals surface area contributed by atoms with E-state index in [-0.39, 0.29) is 5.54 Å². The van der Waals surface area contributed by atoms with E-state index in [9.17, 15) is 0 Å². The lowest BCUT2D eigenvalue weighted by Crippen LogP contribution is -2.19. The lowest BCUT2D eigenvalue weighted by molar-refractivity contribution is 0.404. The summed E-state index contributed by atoms with van der Waals surface area (Å²) in [4.78, 5) is 4.64. The summed E-state index contributed by atoms with van der Waals surface area (Å²) in [6.45, 7) is 8.85. The molecule has 1 nitrogen and oxygen atoms in total. The van der Waals surface area contributed by atoms with Crippen molar-refractivity contribution < 1.29 is 0 Å². The minimum Gasteiger partial charge on any atom is -0.287 e. The number of hydrogen-bond donors (Lipinski definition) is 0. The van der Waals surface area contributed by atoms with Crippen LogP contribution in [0.4, 0.5) is 0 Å². The van der Waals surface area contributed by atoms with E-state index in [0.717, 1.165) is 6.42 Å². The fraction of sp³-hybridized carbons (Fsp3) is 0.500. The lowest BCUT2D eigenvalue weighted by atomic mass is 9.93. The third-order valence-corrected chi connectivity index (χ3v) is 2.27. The van der Waals surface area contributed by atoms with Gasteiger partial charge in [0.1, 0.15) is 0 Å². The maximum absolute atomic E-state index is 4.64. The van der Waals surface area contributed by atoms with E-state index in [0.29, 0.717) is 5.92 Å². The molecule has 0 aliphatic carbocycles. The number of benzene rings is 1. The monoisotopic (exact) mass is 203 g/mol. The highest BCUT2D eigenvalue weighted by molar-refractivity contribution is 5.79. The Morgan fingerprint density at radius 1 is 1.20 bits per heavy atom. The smallest absolute Gasteiger partial charge is 0.0554 e. The zero-order valence-corrected chi connectivity index (χ0v) is 10.2. The summed E-state index contributed by atoms with van der Waals surface area (Å²) in [7, 11) is 0. The first-order chi connectivity index (χ1) is 6.99. The molecule has 0 aromatic heterocycles. The standard InChI is InChI=1S/C14H21N/c1-12(2)10-14(3,4)15-11-13-8-6-5-7-9-13/h5-9,11-12H,10H2,1-4H3/b15-11+. The van der Waals surface area contributed by atoms with Gasteiger partial charge in [-0.05, 0) is 31.7 Å². The van der Waals surface area contributed by atoms with Crippen LogP contribution in [0.3, 0.4) is 0 Å². The van der Waals surface area contributed by atoms with Crippen molar-refractivity contribution in [2.45, 2.75) is 39.7 Å². The zero-order chi connectivity index (χ0) is 11.3. The van der Waals surface area contributed by atoms with Gasteiger partial charge in [-0.3, -0.25) is 4.99 Å². The third-order valence-electron chi connectivity index (χ3n) is 2.27. The van der Waals surface area contributed by atoms with Crippen molar-refractivity contribution in [3.8, 4) is 0 Å². The average molecular weight is 203 g/mol. The Labute approximate surface area is 93.2 Å². The lowest BCUT2D eigenvalue weighted by Gasteiger charge is -2.21. The first kappa shape index (κ1) is 12.0. The van der Waals surface area contributed by atoms with Gasteiger partial charge >= 0.3 is 0 Å². The van der Waals surface area contributed by atoms with Crippen LogP contribution in [-0.2, 0) is 0 Å². The van der Waals surface area contributed by atoms with E-state index in [1.165, 1.54) is 5.56 Å². The van der Waals surface area contributed by atoms with Crippen LogP contribution in [-0.4, -0.2) is 11.8 Å². The molecule has 0 aliphatic rings. The average Bonchev–Trinajstić information content (AvgIpc) is 2.15. The molecule has 0 aliphatic heterocycles. The molecule has 0 heterocycles. The minimum atomic E-state index is 0.0456. The van der Waals surface area contributed by atoms with Crippen LogP contribution in [0.1, 0.15) is 39.7 Å². The molecule has 1 aromatic carbocycles. The molecule has 0 amide bonds. The molecule has 1 heteroatoms. The summed E-state index contributed by atoms with van der Waals surface area (Å²) >= 11 is 0. The van der Waals surface area contributed by atoms with Crippen LogP contribution >= 0.6 is 0 Å².